The van der Waals surface area contributed by atoms with Crippen LogP contribution >= 0.6 is 0 Å². The summed E-state index contributed by atoms with van der Waals surface area (Å²) in [5, 5.41) is 3.13. The van der Waals surface area contributed by atoms with Gasteiger partial charge in [-0.1, -0.05) is 87.1 Å². The fourth-order valence-corrected chi connectivity index (χ4v) is 4.23. The van der Waals surface area contributed by atoms with Crippen molar-refractivity contribution in [1.29, 1.82) is 0 Å². The van der Waals surface area contributed by atoms with Crippen LogP contribution in [0, 0.1) is 0 Å². The molecule has 2 aliphatic rings. The Balaban J connectivity index is 1.64. The van der Waals surface area contributed by atoms with Crippen LogP contribution in [0.25, 0.3) is 6.08 Å². The van der Waals surface area contributed by atoms with Gasteiger partial charge < -0.3 is 5.32 Å². The van der Waals surface area contributed by atoms with Crippen molar-refractivity contribution in [1.82, 2.24) is 10.2 Å². The number of benzene rings is 1. The number of nitrogens with one attached hydrogen (secondary N) is 1. The molecular formula is C24H32N2O2. The van der Waals surface area contributed by atoms with Gasteiger partial charge in [0.15, 0.2) is 0 Å². The minimum atomic E-state index is -0.210. The van der Waals surface area contributed by atoms with Gasteiger partial charge in [0.2, 0.25) is 0 Å². The molecule has 0 radical (unpaired) electrons. The molecule has 1 aromatic rings. The van der Waals surface area contributed by atoms with Crippen molar-refractivity contribution in [2.45, 2.75) is 76.3 Å². The third kappa shape index (κ3) is 6.08. The Morgan fingerprint density at radius 1 is 0.857 bits per heavy atom. The van der Waals surface area contributed by atoms with E-state index in [2.05, 4.69) is 5.32 Å². The highest BCUT2D eigenvalue weighted by atomic mass is 16.2. The monoisotopic (exact) mass is 380 g/mol. The van der Waals surface area contributed by atoms with Crippen molar-refractivity contribution in [3.8, 4) is 0 Å². The van der Waals surface area contributed by atoms with Crippen LogP contribution in [0.5, 0.6) is 0 Å². The predicted octanol–water partition coefficient (Wildman–Crippen LogP) is 5.46. The molecule has 0 heterocycles. The molecule has 1 N–H and O–H groups in total. The van der Waals surface area contributed by atoms with Crippen molar-refractivity contribution in [2.75, 3.05) is 0 Å². The van der Waals surface area contributed by atoms with Crippen molar-refractivity contribution in [3.63, 3.8) is 0 Å². The molecule has 0 aliphatic heterocycles. The fourth-order valence-electron chi connectivity index (χ4n) is 4.23. The molecule has 0 saturated heterocycles. The number of carbonyl (C=O) groups excluding carboxylic acids is 2. The average Bonchev–Trinajstić information content (AvgIpc) is 2.74. The second-order valence-electron chi connectivity index (χ2n) is 7.91. The molecule has 2 aliphatic carbocycles. The summed E-state index contributed by atoms with van der Waals surface area (Å²) < 4.78 is 0. The van der Waals surface area contributed by atoms with E-state index in [-0.39, 0.29) is 24.0 Å². The molecular weight excluding hydrogens is 348 g/mol. The fraction of sp³-hybridized carbons (Fsp3) is 0.500. The van der Waals surface area contributed by atoms with E-state index in [0.29, 0.717) is 0 Å². The van der Waals surface area contributed by atoms with Gasteiger partial charge in [-0.15, -0.1) is 0 Å². The summed E-state index contributed by atoms with van der Waals surface area (Å²) in [6.45, 7) is 0. The van der Waals surface area contributed by atoms with Gasteiger partial charge >= 0.3 is 6.03 Å². The van der Waals surface area contributed by atoms with Crippen molar-refractivity contribution in [3.05, 3.63) is 54.1 Å². The summed E-state index contributed by atoms with van der Waals surface area (Å²) in [5.41, 5.74) is 1.08. The number of allylic oxidation sites excluding steroid dienone is 2. The van der Waals surface area contributed by atoms with Gasteiger partial charge in [-0.25, -0.2) is 4.79 Å². The van der Waals surface area contributed by atoms with Crippen LogP contribution in [-0.4, -0.2) is 28.9 Å². The third-order valence-electron chi connectivity index (χ3n) is 5.77. The van der Waals surface area contributed by atoms with E-state index in [9.17, 15) is 9.59 Å². The smallest absolute Gasteiger partial charge is 0.324 e. The molecule has 0 unspecified atom stereocenters. The van der Waals surface area contributed by atoms with E-state index in [1.165, 1.54) is 23.8 Å². The van der Waals surface area contributed by atoms with Gasteiger partial charge in [0.1, 0.15) is 0 Å². The highest BCUT2D eigenvalue weighted by Gasteiger charge is 2.31. The van der Waals surface area contributed by atoms with Gasteiger partial charge in [-0.3, -0.25) is 9.69 Å². The summed E-state index contributed by atoms with van der Waals surface area (Å²) in [7, 11) is 0. The highest BCUT2D eigenvalue weighted by molar-refractivity contribution is 6.01. The lowest BCUT2D eigenvalue weighted by atomic mass is 9.93. The number of hydrogen-bond acceptors (Lipinski definition) is 2. The summed E-state index contributed by atoms with van der Waals surface area (Å²) in [6.07, 6.45) is 17.9. The van der Waals surface area contributed by atoms with Crippen molar-refractivity contribution in [2.24, 2.45) is 0 Å². The molecule has 3 rings (SSSR count). The number of amides is 3. The normalized spacial score (nSPS) is 19.1. The first-order valence-corrected chi connectivity index (χ1v) is 10.8. The molecule has 1 aromatic carbocycles. The molecule has 2 saturated carbocycles. The van der Waals surface area contributed by atoms with Gasteiger partial charge in [-0.2, -0.15) is 0 Å². The van der Waals surface area contributed by atoms with E-state index < -0.39 is 0 Å². The molecule has 0 bridgehead atoms. The SMILES string of the molecule is O=C(/C=C/C=C/c1ccccc1)N(C(=O)NC1CCCCC1)C1CCCCC1. The van der Waals surface area contributed by atoms with Crippen LogP contribution in [0.2, 0.25) is 0 Å². The van der Waals surface area contributed by atoms with Gasteiger partial charge in [0.05, 0.1) is 0 Å². The zero-order valence-electron chi connectivity index (χ0n) is 16.7. The molecule has 0 spiro atoms. The lowest BCUT2D eigenvalue weighted by molar-refractivity contribution is -0.125. The maximum absolute atomic E-state index is 12.9. The quantitative estimate of drug-likeness (QED) is 0.545. The van der Waals surface area contributed by atoms with Gasteiger partial charge in [-0.05, 0) is 31.2 Å². The number of imide groups is 1. The molecule has 4 nitrogen and oxygen atoms in total. The lowest BCUT2D eigenvalue weighted by Gasteiger charge is -2.34. The van der Waals surface area contributed by atoms with Crippen LogP contribution in [0.15, 0.2) is 48.6 Å². The van der Waals surface area contributed by atoms with Crippen molar-refractivity contribution < 1.29 is 9.59 Å². The van der Waals surface area contributed by atoms with E-state index >= 15 is 0 Å². The Labute approximate surface area is 168 Å². The summed E-state index contributed by atoms with van der Waals surface area (Å²) in [5.74, 6) is -0.210. The van der Waals surface area contributed by atoms with Crippen LogP contribution in [0.4, 0.5) is 4.79 Å². The largest absolute Gasteiger partial charge is 0.335 e. The molecule has 0 atom stereocenters. The zero-order valence-corrected chi connectivity index (χ0v) is 16.7. The first-order chi connectivity index (χ1) is 13.7. The van der Waals surface area contributed by atoms with E-state index in [1.54, 1.807) is 6.08 Å². The number of carbonyl (C=O) groups is 2. The average molecular weight is 381 g/mol. The maximum Gasteiger partial charge on any atom is 0.324 e. The second-order valence-corrected chi connectivity index (χ2v) is 7.91. The summed E-state index contributed by atoms with van der Waals surface area (Å²) in [6, 6.07) is 9.99. The topological polar surface area (TPSA) is 49.4 Å². The molecule has 150 valence electrons. The first kappa shape index (κ1) is 20.4. The van der Waals surface area contributed by atoms with Crippen LogP contribution in [-0.2, 0) is 4.79 Å². The lowest BCUT2D eigenvalue weighted by Crippen LogP contribution is -2.52. The number of nitrogens with zero attached hydrogens (tertiary/aromatic N) is 1. The van der Waals surface area contributed by atoms with E-state index in [0.717, 1.165) is 56.9 Å². The van der Waals surface area contributed by atoms with Crippen LogP contribution < -0.4 is 5.32 Å². The Hall–Kier alpha value is -2.36. The van der Waals surface area contributed by atoms with Crippen LogP contribution in [0.3, 0.4) is 0 Å². The number of rotatable bonds is 5. The van der Waals surface area contributed by atoms with E-state index in [1.807, 2.05) is 42.5 Å². The molecule has 0 aromatic heterocycles. The van der Waals surface area contributed by atoms with Crippen LogP contribution in [0.1, 0.15) is 69.8 Å². The predicted molar refractivity (Wildman–Crippen MR) is 114 cm³/mol. The zero-order chi connectivity index (χ0) is 19.6. The molecule has 2 fully saturated rings. The number of urea groups is 1. The molecule has 3 amide bonds. The van der Waals surface area contributed by atoms with Crippen molar-refractivity contribution >= 4 is 18.0 Å². The minimum Gasteiger partial charge on any atom is -0.335 e. The first-order valence-electron chi connectivity index (χ1n) is 10.8. The molecule has 4 heteroatoms. The molecule has 28 heavy (non-hydrogen) atoms. The standard InChI is InChI=1S/C24H32N2O2/c27-23(19-11-10-14-20-12-4-1-5-13-20)26(22-17-8-3-9-18-22)24(28)25-21-15-6-2-7-16-21/h1,4-5,10-14,19,21-22H,2-3,6-9,15-18H2,(H,25,28)/b14-10+,19-11+. The Kier molecular flexibility index (Phi) is 7.89. The Morgan fingerprint density at radius 2 is 1.50 bits per heavy atom. The highest BCUT2D eigenvalue weighted by Crippen LogP contribution is 2.24. The van der Waals surface area contributed by atoms with Gasteiger partial charge in [0, 0.05) is 18.2 Å². The summed E-state index contributed by atoms with van der Waals surface area (Å²) in [4.78, 5) is 27.3. The third-order valence-corrected chi connectivity index (χ3v) is 5.77. The van der Waals surface area contributed by atoms with E-state index in [4.69, 9.17) is 0 Å². The minimum absolute atomic E-state index is 0.0209. The Bertz CT molecular complexity index is 684. The maximum atomic E-state index is 12.9. The Morgan fingerprint density at radius 3 is 2.18 bits per heavy atom. The second kappa shape index (κ2) is 10.8. The summed E-state index contributed by atoms with van der Waals surface area (Å²) >= 11 is 0. The number of hydrogen-bond donors (Lipinski definition) is 1. The van der Waals surface area contributed by atoms with Gasteiger partial charge in [0.25, 0.3) is 5.91 Å².